The van der Waals surface area contributed by atoms with Crippen LogP contribution in [0.25, 0.3) is 0 Å². The molecule has 5 heteroatoms. The van der Waals surface area contributed by atoms with Crippen molar-refractivity contribution in [3.8, 4) is 0 Å². The Morgan fingerprint density at radius 1 is 1.07 bits per heavy atom. The molecule has 2 amide bonds. The fraction of sp³-hybridized carbons (Fsp3) is 0.440. The molecular formula is C25H31ClN2O2. The van der Waals surface area contributed by atoms with Crippen LogP contribution in [-0.2, 0) is 22.6 Å². The van der Waals surface area contributed by atoms with Crippen molar-refractivity contribution >= 4 is 23.4 Å². The van der Waals surface area contributed by atoms with Gasteiger partial charge in [0.1, 0.15) is 6.04 Å². The van der Waals surface area contributed by atoms with Gasteiger partial charge in [-0.1, -0.05) is 65.9 Å². The summed E-state index contributed by atoms with van der Waals surface area (Å²) in [6.07, 6.45) is 4.60. The number of nitrogens with zero attached hydrogens (tertiary/aromatic N) is 1. The van der Waals surface area contributed by atoms with Crippen molar-refractivity contribution in [3.63, 3.8) is 0 Å². The van der Waals surface area contributed by atoms with Crippen LogP contribution in [0.5, 0.6) is 0 Å². The van der Waals surface area contributed by atoms with Gasteiger partial charge < -0.3 is 10.2 Å². The predicted octanol–water partition coefficient (Wildman–Crippen LogP) is 4.98. The van der Waals surface area contributed by atoms with Crippen molar-refractivity contribution in [1.82, 2.24) is 10.2 Å². The minimum atomic E-state index is -0.553. The Morgan fingerprint density at radius 3 is 2.37 bits per heavy atom. The normalized spacial score (nSPS) is 15.1. The lowest BCUT2D eigenvalue weighted by Crippen LogP contribution is -2.50. The zero-order valence-corrected chi connectivity index (χ0v) is 18.8. The highest BCUT2D eigenvalue weighted by Crippen LogP contribution is 2.20. The quantitative estimate of drug-likeness (QED) is 0.679. The zero-order valence-electron chi connectivity index (χ0n) is 18.1. The number of amides is 2. The Kier molecular flexibility index (Phi) is 7.54. The number of aryl methyl sites for hydroxylation is 2. The first-order valence-electron chi connectivity index (χ1n) is 10.7. The number of carbonyl (C=O) groups excluding carboxylic acids is 2. The number of carbonyl (C=O) groups is 2. The highest BCUT2D eigenvalue weighted by molar-refractivity contribution is 6.30. The average molecular weight is 427 g/mol. The molecule has 1 N–H and O–H groups in total. The van der Waals surface area contributed by atoms with Gasteiger partial charge in [0.25, 0.3) is 0 Å². The molecule has 0 aliphatic heterocycles. The maximum Gasteiger partial charge on any atom is 0.242 e. The van der Waals surface area contributed by atoms with Gasteiger partial charge in [-0.25, -0.2) is 0 Å². The van der Waals surface area contributed by atoms with Crippen molar-refractivity contribution in [1.29, 1.82) is 0 Å². The number of hydrogen-bond acceptors (Lipinski definition) is 2. The molecule has 1 fully saturated rings. The lowest BCUT2D eigenvalue weighted by molar-refractivity contribution is -0.140. The molecule has 3 rings (SSSR count). The van der Waals surface area contributed by atoms with E-state index < -0.39 is 6.04 Å². The van der Waals surface area contributed by atoms with E-state index in [4.69, 9.17) is 11.6 Å². The van der Waals surface area contributed by atoms with Gasteiger partial charge >= 0.3 is 0 Å². The molecule has 4 nitrogen and oxygen atoms in total. The molecule has 160 valence electrons. The summed E-state index contributed by atoms with van der Waals surface area (Å²) in [7, 11) is 0. The van der Waals surface area contributed by atoms with Gasteiger partial charge in [0.15, 0.2) is 0 Å². The molecule has 0 heterocycles. The van der Waals surface area contributed by atoms with Gasteiger partial charge in [-0.2, -0.15) is 0 Å². The number of hydrogen-bond donors (Lipinski definition) is 1. The van der Waals surface area contributed by atoms with E-state index in [-0.39, 0.29) is 24.3 Å². The first-order valence-corrected chi connectivity index (χ1v) is 11.1. The van der Waals surface area contributed by atoms with Crippen LogP contribution in [-0.4, -0.2) is 28.8 Å². The molecule has 0 radical (unpaired) electrons. The Bertz CT molecular complexity index is 886. The van der Waals surface area contributed by atoms with Gasteiger partial charge in [-0.05, 0) is 56.9 Å². The summed E-state index contributed by atoms with van der Waals surface area (Å²) in [6.45, 7) is 6.22. The third kappa shape index (κ3) is 6.09. The minimum Gasteiger partial charge on any atom is -0.352 e. The third-order valence-corrected chi connectivity index (χ3v) is 5.98. The van der Waals surface area contributed by atoms with Crippen LogP contribution >= 0.6 is 11.6 Å². The zero-order chi connectivity index (χ0) is 21.7. The van der Waals surface area contributed by atoms with Gasteiger partial charge in [0.2, 0.25) is 11.8 Å². The topological polar surface area (TPSA) is 49.4 Å². The van der Waals surface area contributed by atoms with E-state index in [0.29, 0.717) is 11.6 Å². The summed E-state index contributed by atoms with van der Waals surface area (Å²) in [5.74, 6) is -0.147. The molecular weight excluding hydrogens is 396 g/mol. The van der Waals surface area contributed by atoms with E-state index in [1.54, 1.807) is 4.90 Å². The standard InChI is InChI=1S/C25H31ClN2O2/c1-17-11-18(2)13-21(12-17)15-24(29)28(16-20-7-6-8-22(26)14-20)19(3)25(30)27-23-9-4-5-10-23/h6-8,11-14,19,23H,4-5,9-10,15-16H2,1-3H3,(H,27,30)/t19-/m1/s1. The lowest BCUT2D eigenvalue weighted by atomic mass is 10.0. The maximum absolute atomic E-state index is 13.3. The van der Waals surface area contributed by atoms with Crippen molar-refractivity contribution in [2.24, 2.45) is 0 Å². The monoisotopic (exact) mass is 426 g/mol. The number of halogens is 1. The molecule has 0 bridgehead atoms. The molecule has 1 atom stereocenters. The fourth-order valence-electron chi connectivity index (χ4n) is 4.25. The van der Waals surface area contributed by atoms with Gasteiger partial charge in [0.05, 0.1) is 6.42 Å². The van der Waals surface area contributed by atoms with Crippen molar-refractivity contribution < 1.29 is 9.59 Å². The maximum atomic E-state index is 13.3. The van der Waals surface area contributed by atoms with E-state index in [1.807, 2.05) is 57.2 Å². The molecule has 0 aromatic heterocycles. The second kappa shape index (κ2) is 10.1. The molecule has 1 aliphatic rings. The molecule has 1 saturated carbocycles. The summed E-state index contributed by atoms with van der Waals surface area (Å²) in [6, 6.07) is 13.3. The van der Waals surface area contributed by atoms with E-state index in [2.05, 4.69) is 11.4 Å². The van der Waals surface area contributed by atoms with Crippen molar-refractivity contribution in [3.05, 3.63) is 69.7 Å². The van der Waals surface area contributed by atoms with Gasteiger partial charge in [0, 0.05) is 17.6 Å². The Balaban J connectivity index is 1.79. The summed E-state index contributed by atoms with van der Waals surface area (Å²) in [4.78, 5) is 27.9. The second-order valence-corrected chi connectivity index (χ2v) is 8.93. The van der Waals surface area contributed by atoms with E-state index in [9.17, 15) is 9.59 Å². The minimum absolute atomic E-state index is 0.0611. The average Bonchev–Trinajstić information content (AvgIpc) is 3.17. The third-order valence-electron chi connectivity index (χ3n) is 5.75. The van der Waals surface area contributed by atoms with E-state index >= 15 is 0 Å². The summed E-state index contributed by atoms with van der Waals surface area (Å²) in [5.41, 5.74) is 4.14. The number of nitrogens with one attached hydrogen (secondary N) is 1. The molecule has 2 aromatic carbocycles. The molecule has 0 saturated heterocycles. The smallest absolute Gasteiger partial charge is 0.242 e. The van der Waals surface area contributed by atoms with Crippen LogP contribution in [0.4, 0.5) is 0 Å². The summed E-state index contributed by atoms with van der Waals surface area (Å²) in [5, 5.41) is 3.76. The van der Waals surface area contributed by atoms with Crippen LogP contribution in [0, 0.1) is 13.8 Å². The molecule has 1 aliphatic carbocycles. The molecule has 30 heavy (non-hydrogen) atoms. The SMILES string of the molecule is Cc1cc(C)cc(CC(=O)N(Cc2cccc(Cl)c2)[C@H](C)C(=O)NC2CCCC2)c1. The first kappa shape index (κ1) is 22.4. The fourth-order valence-corrected chi connectivity index (χ4v) is 4.47. The Labute approximate surface area is 184 Å². The highest BCUT2D eigenvalue weighted by Gasteiger charge is 2.28. The van der Waals surface area contributed by atoms with Crippen molar-refractivity contribution in [2.75, 3.05) is 0 Å². The van der Waals surface area contributed by atoms with Crippen LogP contribution in [0.2, 0.25) is 5.02 Å². The summed E-state index contributed by atoms with van der Waals surface area (Å²) < 4.78 is 0. The number of rotatable bonds is 7. The molecule has 0 unspecified atom stereocenters. The van der Waals surface area contributed by atoms with Crippen LogP contribution in [0.3, 0.4) is 0 Å². The van der Waals surface area contributed by atoms with Gasteiger partial charge in [-0.15, -0.1) is 0 Å². The van der Waals surface area contributed by atoms with Crippen molar-refractivity contribution in [2.45, 2.75) is 71.5 Å². The Hall–Kier alpha value is -2.33. The number of benzene rings is 2. The van der Waals surface area contributed by atoms with Crippen LogP contribution in [0.15, 0.2) is 42.5 Å². The van der Waals surface area contributed by atoms with Gasteiger partial charge in [-0.3, -0.25) is 9.59 Å². The summed E-state index contributed by atoms with van der Waals surface area (Å²) >= 11 is 6.15. The van der Waals surface area contributed by atoms with Crippen LogP contribution < -0.4 is 5.32 Å². The van der Waals surface area contributed by atoms with Crippen LogP contribution in [0.1, 0.15) is 54.9 Å². The first-order chi connectivity index (χ1) is 14.3. The second-order valence-electron chi connectivity index (χ2n) is 8.49. The highest BCUT2D eigenvalue weighted by atomic mass is 35.5. The largest absolute Gasteiger partial charge is 0.352 e. The van der Waals surface area contributed by atoms with E-state index in [0.717, 1.165) is 47.9 Å². The predicted molar refractivity (Wildman–Crippen MR) is 121 cm³/mol. The Morgan fingerprint density at radius 2 is 1.73 bits per heavy atom. The molecule has 0 spiro atoms. The van der Waals surface area contributed by atoms with E-state index in [1.165, 1.54) is 0 Å². The molecule has 2 aromatic rings. The lowest BCUT2D eigenvalue weighted by Gasteiger charge is -2.30.